The Morgan fingerprint density at radius 2 is 2.00 bits per heavy atom. The molecule has 0 bridgehead atoms. The average molecular weight is 221 g/mol. The zero-order valence-electron chi connectivity index (χ0n) is 9.40. The first-order valence-electron chi connectivity index (χ1n) is 5.21. The lowest BCUT2D eigenvalue weighted by molar-refractivity contribution is -0.149. The second-order valence-corrected chi connectivity index (χ2v) is 3.79. The third-order valence-corrected chi connectivity index (χ3v) is 2.94. The Labute approximate surface area is 94.6 Å². The van der Waals surface area contributed by atoms with Gasteiger partial charge >= 0.3 is 5.97 Å². The van der Waals surface area contributed by atoms with Crippen LogP contribution in [-0.4, -0.2) is 26.7 Å². The molecule has 1 heterocycles. The highest BCUT2D eigenvalue weighted by molar-refractivity contribution is 5.75. The lowest BCUT2D eigenvalue weighted by atomic mass is 9.86. The third-order valence-electron chi connectivity index (χ3n) is 2.94. The molecule has 1 fully saturated rings. The summed E-state index contributed by atoms with van der Waals surface area (Å²) in [6.07, 6.45) is 0. The minimum absolute atomic E-state index is 0.0679. The summed E-state index contributed by atoms with van der Waals surface area (Å²) in [5.74, 6) is 0.593. The summed E-state index contributed by atoms with van der Waals surface area (Å²) >= 11 is 0. The van der Waals surface area contributed by atoms with E-state index in [-0.39, 0.29) is 17.9 Å². The second kappa shape index (κ2) is 4.53. The number of rotatable bonds is 3. The summed E-state index contributed by atoms with van der Waals surface area (Å²) in [5.41, 5.74) is 1.09. The Balaban J connectivity index is 2.09. The number of carbonyl (C=O) groups excluding carboxylic acids is 1. The highest BCUT2D eigenvalue weighted by Crippen LogP contribution is 2.30. The van der Waals surface area contributed by atoms with Crippen LogP contribution < -0.4 is 10.1 Å². The first kappa shape index (κ1) is 11.0. The molecule has 1 saturated heterocycles. The smallest absolute Gasteiger partial charge is 0.311 e. The summed E-state index contributed by atoms with van der Waals surface area (Å²) in [7, 11) is 3.06. The molecule has 1 N–H and O–H groups in total. The van der Waals surface area contributed by atoms with Crippen LogP contribution in [0.2, 0.25) is 0 Å². The van der Waals surface area contributed by atoms with Crippen LogP contribution in [0.25, 0.3) is 0 Å². The number of esters is 1. The monoisotopic (exact) mass is 221 g/mol. The fourth-order valence-corrected chi connectivity index (χ4v) is 1.89. The molecule has 16 heavy (non-hydrogen) atoms. The summed E-state index contributed by atoms with van der Waals surface area (Å²) in [6, 6.07) is 7.78. The van der Waals surface area contributed by atoms with Crippen molar-refractivity contribution in [2.24, 2.45) is 5.92 Å². The van der Waals surface area contributed by atoms with Gasteiger partial charge in [-0.15, -0.1) is 0 Å². The SMILES string of the molecule is COC(=O)C1CNC1c1ccc(OC)cc1. The summed E-state index contributed by atoms with van der Waals surface area (Å²) in [4.78, 5) is 11.4. The van der Waals surface area contributed by atoms with E-state index in [1.165, 1.54) is 7.11 Å². The third kappa shape index (κ3) is 1.88. The van der Waals surface area contributed by atoms with E-state index in [4.69, 9.17) is 9.47 Å². The standard InChI is InChI=1S/C12H15NO3/c1-15-9-5-3-8(4-6-9)11-10(7-13-11)12(14)16-2/h3-6,10-11,13H,7H2,1-2H3. The van der Waals surface area contributed by atoms with Crippen LogP contribution in [-0.2, 0) is 9.53 Å². The maximum Gasteiger partial charge on any atom is 0.311 e. The largest absolute Gasteiger partial charge is 0.497 e. The van der Waals surface area contributed by atoms with Crippen LogP contribution in [0.5, 0.6) is 5.75 Å². The molecule has 1 aromatic rings. The minimum Gasteiger partial charge on any atom is -0.497 e. The number of ether oxygens (including phenoxy) is 2. The molecule has 0 saturated carbocycles. The summed E-state index contributed by atoms with van der Waals surface area (Å²) < 4.78 is 9.83. The van der Waals surface area contributed by atoms with Crippen LogP contribution in [0, 0.1) is 5.92 Å². The number of benzene rings is 1. The van der Waals surface area contributed by atoms with E-state index in [1.54, 1.807) is 7.11 Å². The van der Waals surface area contributed by atoms with Crippen molar-refractivity contribution in [1.82, 2.24) is 5.32 Å². The van der Waals surface area contributed by atoms with Crippen LogP contribution in [0.4, 0.5) is 0 Å². The van der Waals surface area contributed by atoms with Gasteiger partial charge < -0.3 is 14.8 Å². The number of hydrogen-bond acceptors (Lipinski definition) is 4. The fourth-order valence-electron chi connectivity index (χ4n) is 1.89. The molecule has 4 nitrogen and oxygen atoms in total. The normalized spacial score (nSPS) is 23.4. The zero-order chi connectivity index (χ0) is 11.5. The first-order valence-corrected chi connectivity index (χ1v) is 5.21. The lowest BCUT2D eigenvalue weighted by Gasteiger charge is -2.36. The van der Waals surface area contributed by atoms with Crippen LogP contribution in [0.1, 0.15) is 11.6 Å². The Hall–Kier alpha value is -1.55. The van der Waals surface area contributed by atoms with E-state index in [1.807, 2.05) is 24.3 Å². The lowest BCUT2D eigenvalue weighted by Crippen LogP contribution is -2.50. The van der Waals surface area contributed by atoms with Crippen LogP contribution >= 0.6 is 0 Å². The molecule has 0 spiro atoms. The maximum absolute atomic E-state index is 11.4. The van der Waals surface area contributed by atoms with Gasteiger partial charge in [-0.2, -0.15) is 0 Å². The van der Waals surface area contributed by atoms with Crippen molar-refractivity contribution in [2.45, 2.75) is 6.04 Å². The predicted molar refractivity (Wildman–Crippen MR) is 59.2 cm³/mol. The number of hydrogen-bond donors (Lipinski definition) is 1. The molecule has 0 radical (unpaired) electrons. The van der Waals surface area contributed by atoms with Gasteiger partial charge in [0.05, 0.1) is 20.1 Å². The molecule has 4 heteroatoms. The highest BCUT2D eigenvalue weighted by atomic mass is 16.5. The second-order valence-electron chi connectivity index (χ2n) is 3.79. The van der Waals surface area contributed by atoms with Crippen molar-refractivity contribution in [3.05, 3.63) is 29.8 Å². The Kier molecular flexibility index (Phi) is 3.10. The molecular weight excluding hydrogens is 206 g/mol. The van der Waals surface area contributed by atoms with Gasteiger partial charge in [-0.25, -0.2) is 0 Å². The number of carbonyl (C=O) groups is 1. The van der Waals surface area contributed by atoms with Crippen molar-refractivity contribution < 1.29 is 14.3 Å². The topological polar surface area (TPSA) is 47.6 Å². The van der Waals surface area contributed by atoms with Gasteiger partial charge in [0, 0.05) is 12.6 Å². The van der Waals surface area contributed by atoms with E-state index in [9.17, 15) is 4.79 Å². The van der Waals surface area contributed by atoms with Gasteiger partial charge in [0.1, 0.15) is 5.75 Å². The van der Waals surface area contributed by atoms with E-state index >= 15 is 0 Å². The van der Waals surface area contributed by atoms with Gasteiger partial charge in [0.15, 0.2) is 0 Å². The molecule has 1 aliphatic heterocycles. The van der Waals surface area contributed by atoms with Crippen molar-refractivity contribution >= 4 is 5.97 Å². The zero-order valence-corrected chi connectivity index (χ0v) is 9.40. The molecular formula is C12H15NO3. The molecule has 0 aliphatic carbocycles. The van der Waals surface area contributed by atoms with Crippen molar-refractivity contribution in [2.75, 3.05) is 20.8 Å². The Morgan fingerprint density at radius 3 is 2.44 bits per heavy atom. The minimum atomic E-state index is -0.153. The molecule has 86 valence electrons. The highest BCUT2D eigenvalue weighted by Gasteiger charge is 2.37. The molecule has 2 atom stereocenters. The molecule has 1 aromatic carbocycles. The van der Waals surface area contributed by atoms with Crippen LogP contribution in [0.15, 0.2) is 24.3 Å². The maximum atomic E-state index is 11.4. The van der Waals surface area contributed by atoms with E-state index in [2.05, 4.69) is 5.32 Å². The van der Waals surface area contributed by atoms with E-state index in [0.717, 1.165) is 11.3 Å². The quantitative estimate of drug-likeness (QED) is 0.777. The van der Waals surface area contributed by atoms with Gasteiger partial charge in [-0.3, -0.25) is 4.79 Å². The van der Waals surface area contributed by atoms with Gasteiger partial charge in [0.2, 0.25) is 0 Å². The van der Waals surface area contributed by atoms with Crippen molar-refractivity contribution in [3.63, 3.8) is 0 Å². The predicted octanol–water partition coefficient (Wildman–Crippen LogP) is 1.13. The van der Waals surface area contributed by atoms with E-state index < -0.39 is 0 Å². The Bertz CT molecular complexity index is 374. The van der Waals surface area contributed by atoms with Gasteiger partial charge in [0.25, 0.3) is 0 Å². The Morgan fingerprint density at radius 1 is 1.31 bits per heavy atom. The molecule has 1 aliphatic rings. The first-order chi connectivity index (χ1) is 7.76. The fraction of sp³-hybridized carbons (Fsp3) is 0.417. The number of nitrogens with one attached hydrogen (secondary N) is 1. The van der Waals surface area contributed by atoms with Crippen molar-refractivity contribution in [1.29, 1.82) is 0 Å². The van der Waals surface area contributed by atoms with E-state index in [0.29, 0.717) is 6.54 Å². The molecule has 2 unspecified atom stereocenters. The number of methoxy groups -OCH3 is 2. The summed E-state index contributed by atoms with van der Waals surface area (Å²) in [5, 5.41) is 3.22. The van der Waals surface area contributed by atoms with Gasteiger partial charge in [-0.05, 0) is 17.7 Å². The molecule has 0 aromatic heterocycles. The summed E-state index contributed by atoms with van der Waals surface area (Å²) in [6.45, 7) is 0.684. The molecule has 2 rings (SSSR count). The molecule has 0 amide bonds. The van der Waals surface area contributed by atoms with Crippen LogP contribution in [0.3, 0.4) is 0 Å². The average Bonchev–Trinajstić information content (AvgIpc) is 2.28. The van der Waals surface area contributed by atoms with Crippen molar-refractivity contribution in [3.8, 4) is 5.75 Å². The van der Waals surface area contributed by atoms with Gasteiger partial charge in [-0.1, -0.05) is 12.1 Å².